The van der Waals surface area contributed by atoms with E-state index in [-0.39, 0.29) is 11.4 Å². The van der Waals surface area contributed by atoms with Crippen LogP contribution in [0.1, 0.15) is 23.3 Å². The fourth-order valence-electron chi connectivity index (χ4n) is 2.54. The molecule has 0 aliphatic carbocycles. The summed E-state index contributed by atoms with van der Waals surface area (Å²) in [6.07, 6.45) is 2.10. The number of anilines is 1. The Labute approximate surface area is 124 Å². The molecule has 112 valence electrons. The van der Waals surface area contributed by atoms with Gasteiger partial charge in [0.25, 0.3) is 5.91 Å². The maximum absolute atomic E-state index is 12.1. The Hall–Kier alpha value is -1.18. The standard InChI is InChI=1S/C13H23N5OS/c1-17(2)13(4-6-18(3)7-5-13)9-15-11(19)10-8-20-12(14)16-10/h8H,4-7,9H2,1-3H3,(H2,14,16)(H,15,19). The third kappa shape index (κ3) is 3.28. The van der Waals surface area contributed by atoms with Crippen LogP contribution in [-0.2, 0) is 0 Å². The van der Waals surface area contributed by atoms with Crippen LogP contribution in [0.25, 0.3) is 0 Å². The number of nitrogen functional groups attached to an aromatic ring is 1. The van der Waals surface area contributed by atoms with Gasteiger partial charge in [0.2, 0.25) is 0 Å². The molecule has 0 radical (unpaired) electrons. The van der Waals surface area contributed by atoms with Crippen molar-refractivity contribution in [3.8, 4) is 0 Å². The topological polar surface area (TPSA) is 74.5 Å². The van der Waals surface area contributed by atoms with Gasteiger partial charge in [-0.25, -0.2) is 4.98 Å². The van der Waals surface area contributed by atoms with E-state index in [0.29, 0.717) is 17.4 Å². The number of piperidine rings is 1. The van der Waals surface area contributed by atoms with Gasteiger partial charge in [0.1, 0.15) is 5.69 Å². The first kappa shape index (κ1) is 15.2. The van der Waals surface area contributed by atoms with Crippen molar-refractivity contribution >= 4 is 22.4 Å². The van der Waals surface area contributed by atoms with Gasteiger partial charge in [-0.05, 0) is 47.1 Å². The van der Waals surface area contributed by atoms with E-state index >= 15 is 0 Å². The molecule has 1 amide bonds. The van der Waals surface area contributed by atoms with E-state index in [1.54, 1.807) is 5.38 Å². The Kier molecular flexibility index (Phi) is 4.62. The summed E-state index contributed by atoms with van der Waals surface area (Å²) in [4.78, 5) is 20.7. The van der Waals surface area contributed by atoms with Gasteiger partial charge in [-0.2, -0.15) is 0 Å². The minimum Gasteiger partial charge on any atom is -0.375 e. The van der Waals surface area contributed by atoms with E-state index in [1.165, 1.54) is 11.3 Å². The van der Waals surface area contributed by atoms with Crippen LogP contribution in [-0.4, -0.2) is 67.0 Å². The minimum absolute atomic E-state index is 0.0315. The second-order valence-electron chi connectivity index (χ2n) is 5.68. The number of thiazole rings is 1. The molecule has 1 aliphatic rings. The molecule has 0 unspecified atom stereocenters. The van der Waals surface area contributed by atoms with Crippen molar-refractivity contribution in [2.75, 3.05) is 46.5 Å². The largest absolute Gasteiger partial charge is 0.375 e. The van der Waals surface area contributed by atoms with E-state index in [2.05, 4.69) is 41.2 Å². The quantitative estimate of drug-likeness (QED) is 0.845. The Bertz CT molecular complexity index is 465. The molecule has 1 aromatic rings. The zero-order valence-corrected chi connectivity index (χ0v) is 13.2. The van der Waals surface area contributed by atoms with Crippen LogP contribution < -0.4 is 11.1 Å². The Morgan fingerprint density at radius 3 is 2.70 bits per heavy atom. The second kappa shape index (κ2) is 6.07. The van der Waals surface area contributed by atoms with Gasteiger partial charge < -0.3 is 20.9 Å². The maximum Gasteiger partial charge on any atom is 0.270 e. The minimum atomic E-state index is -0.141. The highest BCUT2D eigenvalue weighted by molar-refractivity contribution is 7.13. The average Bonchev–Trinajstić information content (AvgIpc) is 2.84. The van der Waals surface area contributed by atoms with Crippen LogP contribution in [0.5, 0.6) is 0 Å². The number of carbonyl (C=O) groups excluding carboxylic acids is 1. The number of amides is 1. The molecule has 1 aromatic heterocycles. The number of rotatable bonds is 4. The normalized spacial score (nSPS) is 19.2. The fraction of sp³-hybridized carbons (Fsp3) is 0.692. The number of hydrogen-bond donors (Lipinski definition) is 2. The molecule has 0 atom stereocenters. The van der Waals surface area contributed by atoms with Crippen LogP contribution in [0.15, 0.2) is 5.38 Å². The van der Waals surface area contributed by atoms with Crippen molar-refractivity contribution in [2.45, 2.75) is 18.4 Å². The maximum atomic E-state index is 12.1. The highest BCUT2D eigenvalue weighted by Crippen LogP contribution is 2.26. The smallest absolute Gasteiger partial charge is 0.270 e. The second-order valence-corrected chi connectivity index (χ2v) is 6.57. The molecule has 1 fully saturated rings. The molecule has 7 heteroatoms. The zero-order valence-electron chi connectivity index (χ0n) is 12.3. The molecule has 0 aromatic carbocycles. The summed E-state index contributed by atoms with van der Waals surface area (Å²) in [7, 11) is 6.30. The van der Waals surface area contributed by atoms with Gasteiger partial charge in [-0.3, -0.25) is 4.79 Å². The highest BCUT2D eigenvalue weighted by atomic mass is 32.1. The third-order valence-corrected chi connectivity index (χ3v) is 4.87. The summed E-state index contributed by atoms with van der Waals surface area (Å²) < 4.78 is 0. The van der Waals surface area contributed by atoms with Gasteiger partial charge in [0.05, 0.1) is 0 Å². The van der Waals surface area contributed by atoms with Crippen LogP contribution in [0, 0.1) is 0 Å². The summed E-state index contributed by atoms with van der Waals surface area (Å²) in [5.74, 6) is -0.141. The third-order valence-electron chi connectivity index (χ3n) is 4.20. The summed E-state index contributed by atoms with van der Waals surface area (Å²) in [5.41, 5.74) is 6.00. The van der Waals surface area contributed by atoms with E-state index in [0.717, 1.165) is 25.9 Å². The van der Waals surface area contributed by atoms with Gasteiger partial charge in [0.15, 0.2) is 5.13 Å². The van der Waals surface area contributed by atoms with Crippen molar-refractivity contribution in [1.29, 1.82) is 0 Å². The molecule has 1 aliphatic heterocycles. The summed E-state index contributed by atoms with van der Waals surface area (Å²) in [6.45, 7) is 2.75. The van der Waals surface area contributed by atoms with Crippen molar-refractivity contribution in [1.82, 2.24) is 20.1 Å². The van der Waals surface area contributed by atoms with Gasteiger partial charge in [-0.15, -0.1) is 11.3 Å². The number of carbonyl (C=O) groups is 1. The average molecular weight is 297 g/mol. The molecule has 1 saturated heterocycles. The van der Waals surface area contributed by atoms with Crippen molar-refractivity contribution in [3.63, 3.8) is 0 Å². The Morgan fingerprint density at radius 1 is 1.55 bits per heavy atom. The van der Waals surface area contributed by atoms with Crippen LogP contribution in [0.2, 0.25) is 0 Å². The lowest BCUT2D eigenvalue weighted by molar-refractivity contribution is 0.0610. The lowest BCUT2D eigenvalue weighted by atomic mass is 9.86. The lowest BCUT2D eigenvalue weighted by Crippen LogP contribution is -2.57. The van der Waals surface area contributed by atoms with Crippen LogP contribution in [0.3, 0.4) is 0 Å². The number of likely N-dealkylation sites (tertiary alicyclic amines) is 1. The van der Waals surface area contributed by atoms with E-state index < -0.39 is 0 Å². The molecule has 0 bridgehead atoms. The molecule has 0 spiro atoms. The number of aromatic nitrogens is 1. The number of nitrogens with zero attached hydrogens (tertiary/aromatic N) is 3. The van der Waals surface area contributed by atoms with Gasteiger partial charge in [-0.1, -0.05) is 0 Å². The summed E-state index contributed by atoms with van der Waals surface area (Å²) in [5, 5.41) is 5.13. The molecular weight excluding hydrogens is 274 g/mol. The number of nitrogens with one attached hydrogen (secondary N) is 1. The monoisotopic (exact) mass is 297 g/mol. The predicted octanol–water partition coefficient (Wildman–Crippen LogP) is 0.481. The molecular formula is C13H23N5OS. The SMILES string of the molecule is CN1CCC(CNC(=O)c2csc(N)n2)(N(C)C)CC1. The van der Waals surface area contributed by atoms with E-state index in [1.807, 2.05) is 0 Å². The zero-order chi connectivity index (χ0) is 14.8. The first-order valence-corrected chi connectivity index (χ1v) is 7.66. The van der Waals surface area contributed by atoms with Crippen LogP contribution >= 0.6 is 11.3 Å². The Morgan fingerprint density at radius 2 is 2.20 bits per heavy atom. The lowest BCUT2D eigenvalue weighted by Gasteiger charge is -2.45. The van der Waals surface area contributed by atoms with Crippen molar-refractivity contribution in [2.24, 2.45) is 0 Å². The summed E-state index contributed by atoms with van der Waals surface area (Å²) >= 11 is 1.29. The van der Waals surface area contributed by atoms with Gasteiger partial charge in [0, 0.05) is 17.5 Å². The molecule has 2 rings (SSSR count). The number of hydrogen-bond acceptors (Lipinski definition) is 6. The molecule has 20 heavy (non-hydrogen) atoms. The first-order valence-electron chi connectivity index (χ1n) is 6.78. The van der Waals surface area contributed by atoms with Crippen molar-refractivity contribution < 1.29 is 4.79 Å². The summed E-state index contributed by atoms with van der Waals surface area (Å²) in [6, 6.07) is 0. The fourth-order valence-corrected chi connectivity index (χ4v) is 3.09. The molecule has 0 saturated carbocycles. The molecule has 2 heterocycles. The van der Waals surface area contributed by atoms with E-state index in [9.17, 15) is 4.79 Å². The number of likely N-dealkylation sites (N-methyl/N-ethyl adjacent to an activating group) is 1. The Balaban J connectivity index is 1.97. The molecule has 3 N–H and O–H groups in total. The van der Waals surface area contributed by atoms with E-state index in [4.69, 9.17) is 5.73 Å². The van der Waals surface area contributed by atoms with Crippen molar-refractivity contribution in [3.05, 3.63) is 11.1 Å². The first-order chi connectivity index (χ1) is 9.43. The predicted molar refractivity (Wildman–Crippen MR) is 82.0 cm³/mol. The molecule has 6 nitrogen and oxygen atoms in total. The van der Waals surface area contributed by atoms with Gasteiger partial charge >= 0.3 is 0 Å². The van der Waals surface area contributed by atoms with Crippen LogP contribution in [0.4, 0.5) is 5.13 Å². The highest BCUT2D eigenvalue weighted by Gasteiger charge is 2.36. The number of nitrogens with two attached hydrogens (primary N) is 1.